The van der Waals surface area contributed by atoms with Crippen LogP contribution in [0.25, 0.3) is 0 Å². The highest BCUT2D eigenvalue weighted by Crippen LogP contribution is 2.09. The molecule has 0 aliphatic carbocycles. The fraction of sp³-hybridized carbons (Fsp3) is 0.231. The molecule has 16 heavy (non-hydrogen) atoms. The van der Waals surface area contributed by atoms with E-state index in [9.17, 15) is 0 Å². The minimum absolute atomic E-state index is 0.930. The number of hydrogen-bond acceptors (Lipinski definition) is 1. The molecule has 0 saturated heterocycles. The van der Waals surface area contributed by atoms with Gasteiger partial charge in [-0.25, -0.2) is 0 Å². The number of rotatable bonds is 4. The number of halogens is 1. The summed E-state index contributed by atoms with van der Waals surface area (Å²) in [7, 11) is 1.97. The summed E-state index contributed by atoms with van der Waals surface area (Å²) >= 11 is 2.33. The summed E-state index contributed by atoms with van der Waals surface area (Å²) in [5.74, 6) is 0. The van der Waals surface area contributed by atoms with Crippen molar-refractivity contribution in [2.45, 2.75) is 13.1 Å². The second kappa shape index (κ2) is 5.50. The van der Waals surface area contributed by atoms with Gasteiger partial charge in [0.05, 0.1) is 0 Å². The van der Waals surface area contributed by atoms with E-state index in [2.05, 4.69) is 75.2 Å². The van der Waals surface area contributed by atoms with E-state index in [1.54, 1.807) is 0 Å². The quantitative estimate of drug-likeness (QED) is 0.855. The number of nitrogens with zero attached hydrogens (tertiary/aromatic N) is 1. The molecule has 0 unspecified atom stereocenters. The van der Waals surface area contributed by atoms with E-state index >= 15 is 0 Å². The van der Waals surface area contributed by atoms with Gasteiger partial charge in [0.1, 0.15) is 0 Å². The van der Waals surface area contributed by atoms with Gasteiger partial charge in [-0.3, -0.25) is 0 Å². The van der Waals surface area contributed by atoms with E-state index in [0.29, 0.717) is 0 Å². The third-order valence-corrected chi connectivity index (χ3v) is 3.19. The van der Waals surface area contributed by atoms with Crippen LogP contribution in [0.5, 0.6) is 0 Å². The predicted molar refractivity (Wildman–Crippen MR) is 75.5 cm³/mol. The first kappa shape index (κ1) is 11.7. The Morgan fingerprint density at radius 1 is 1.12 bits per heavy atom. The standard InChI is InChI=1S/C13H15IN2/c1-15-8-12-6-7-16(10-12)9-11-2-4-13(14)5-3-11/h2-7,10,15H,8-9H2,1H3. The maximum absolute atomic E-state index is 3.15. The average Bonchev–Trinajstić information content (AvgIpc) is 2.70. The summed E-state index contributed by atoms with van der Waals surface area (Å²) in [5.41, 5.74) is 2.67. The van der Waals surface area contributed by atoms with Crippen molar-refractivity contribution in [3.05, 3.63) is 57.4 Å². The van der Waals surface area contributed by atoms with Crippen molar-refractivity contribution >= 4 is 22.6 Å². The van der Waals surface area contributed by atoms with Crippen LogP contribution in [0.15, 0.2) is 42.7 Å². The van der Waals surface area contributed by atoms with Crippen LogP contribution >= 0.6 is 22.6 Å². The van der Waals surface area contributed by atoms with Gasteiger partial charge in [-0.15, -0.1) is 0 Å². The summed E-state index contributed by atoms with van der Waals surface area (Å²) in [4.78, 5) is 0. The van der Waals surface area contributed by atoms with Crippen molar-refractivity contribution in [3.8, 4) is 0 Å². The van der Waals surface area contributed by atoms with Crippen molar-refractivity contribution in [1.29, 1.82) is 0 Å². The number of hydrogen-bond donors (Lipinski definition) is 1. The second-order valence-electron chi connectivity index (χ2n) is 3.85. The Balaban J connectivity index is 2.05. The number of benzene rings is 1. The molecule has 1 N–H and O–H groups in total. The maximum atomic E-state index is 3.15. The monoisotopic (exact) mass is 326 g/mol. The lowest BCUT2D eigenvalue weighted by molar-refractivity contribution is 0.782. The molecule has 2 rings (SSSR count). The zero-order valence-electron chi connectivity index (χ0n) is 9.28. The normalized spacial score (nSPS) is 10.6. The third kappa shape index (κ3) is 3.09. The van der Waals surface area contributed by atoms with Gasteiger partial charge in [-0.1, -0.05) is 12.1 Å². The minimum Gasteiger partial charge on any atom is -0.350 e. The molecule has 0 radical (unpaired) electrons. The Morgan fingerprint density at radius 3 is 2.56 bits per heavy atom. The van der Waals surface area contributed by atoms with Crippen LogP contribution in [-0.2, 0) is 13.1 Å². The minimum atomic E-state index is 0.930. The van der Waals surface area contributed by atoms with Crippen molar-refractivity contribution < 1.29 is 0 Å². The Labute approximate surface area is 110 Å². The molecule has 2 nitrogen and oxygen atoms in total. The van der Waals surface area contributed by atoms with Crippen LogP contribution in [0.1, 0.15) is 11.1 Å². The van der Waals surface area contributed by atoms with Gasteiger partial charge in [0.25, 0.3) is 0 Å². The molecule has 0 saturated carbocycles. The highest BCUT2D eigenvalue weighted by Gasteiger charge is 1.97. The van der Waals surface area contributed by atoms with Crippen molar-refractivity contribution in [1.82, 2.24) is 9.88 Å². The largest absolute Gasteiger partial charge is 0.350 e. The predicted octanol–water partition coefficient (Wildman–Crippen LogP) is 2.86. The third-order valence-electron chi connectivity index (χ3n) is 2.47. The first-order valence-corrected chi connectivity index (χ1v) is 6.39. The average molecular weight is 326 g/mol. The van der Waals surface area contributed by atoms with Crippen molar-refractivity contribution in [2.24, 2.45) is 0 Å². The van der Waals surface area contributed by atoms with Crippen LogP contribution in [0, 0.1) is 3.57 Å². The molecule has 0 bridgehead atoms. The molecular formula is C13H15IN2. The zero-order chi connectivity index (χ0) is 11.4. The number of aromatic nitrogens is 1. The van der Waals surface area contributed by atoms with E-state index in [-0.39, 0.29) is 0 Å². The van der Waals surface area contributed by atoms with E-state index in [4.69, 9.17) is 0 Å². The van der Waals surface area contributed by atoms with Crippen LogP contribution in [-0.4, -0.2) is 11.6 Å². The summed E-state index contributed by atoms with van der Waals surface area (Å²) in [5, 5.41) is 3.15. The number of nitrogens with one attached hydrogen (secondary N) is 1. The molecule has 3 heteroatoms. The Hall–Kier alpha value is -0.810. The molecule has 84 valence electrons. The lowest BCUT2D eigenvalue weighted by Gasteiger charge is -2.03. The summed E-state index contributed by atoms with van der Waals surface area (Å²) in [6.45, 7) is 1.88. The van der Waals surface area contributed by atoms with Gasteiger partial charge in [0.15, 0.2) is 0 Å². The Kier molecular flexibility index (Phi) is 4.01. The maximum Gasteiger partial charge on any atom is 0.0470 e. The van der Waals surface area contributed by atoms with E-state index in [1.165, 1.54) is 14.7 Å². The van der Waals surface area contributed by atoms with E-state index in [1.807, 2.05) is 7.05 Å². The molecule has 0 aliphatic heterocycles. The molecule has 1 aromatic heterocycles. The van der Waals surface area contributed by atoms with Gasteiger partial charge in [0, 0.05) is 29.1 Å². The van der Waals surface area contributed by atoms with Crippen molar-refractivity contribution in [2.75, 3.05) is 7.05 Å². The highest BCUT2D eigenvalue weighted by molar-refractivity contribution is 14.1. The molecule has 0 amide bonds. The molecule has 0 spiro atoms. The van der Waals surface area contributed by atoms with Crippen LogP contribution in [0.3, 0.4) is 0 Å². The zero-order valence-corrected chi connectivity index (χ0v) is 11.4. The fourth-order valence-electron chi connectivity index (χ4n) is 1.70. The van der Waals surface area contributed by atoms with Gasteiger partial charge >= 0.3 is 0 Å². The molecule has 1 heterocycles. The van der Waals surface area contributed by atoms with E-state index in [0.717, 1.165) is 13.1 Å². The topological polar surface area (TPSA) is 17.0 Å². The molecular weight excluding hydrogens is 311 g/mol. The lowest BCUT2D eigenvalue weighted by atomic mass is 10.2. The van der Waals surface area contributed by atoms with Crippen molar-refractivity contribution in [3.63, 3.8) is 0 Å². The first-order chi connectivity index (χ1) is 7.78. The van der Waals surface area contributed by atoms with Gasteiger partial charge in [0.2, 0.25) is 0 Å². The summed E-state index contributed by atoms with van der Waals surface area (Å²) in [6.07, 6.45) is 4.32. The van der Waals surface area contributed by atoms with Crippen LogP contribution in [0.2, 0.25) is 0 Å². The lowest BCUT2D eigenvalue weighted by Crippen LogP contribution is -2.04. The molecule has 2 aromatic rings. The molecule has 1 aromatic carbocycles. The Morgan fingerprint density at radius 2 is 1.88 bits per heavy atom. The molecule has 0 atom stereocenters. The summed E-state index contributed by atoms with van der Waals surface area (Å²) in [6, 6.07) is 10.8. The smallest absolute Gasteiger partial charge is 0.0470 e. The fourth-order valence-corrected chi connectivity index (χ4v) is 2.06. The first-order valence-electron chi connectivity index (χ1n) is 5.31. The van der Waals surface area contributed by atoms with Crippen LogP contribution < -0.4 is 5.32 Å². The van der Waals surface area contributed by atoms with Gasteiger partial charge in [-0.05, 0) is 59.0 Å². The Bertz CT molecular complexity index is 445. The SMILES string of the molecule is CNCc1ccn(Cc2ccc(I)cc2)c1. The van der Waals surface area contributed by atoms with Gasteiger partial charge in [-0.2, -0.15) is 0 Å². The highest BCUT2D eigenvalue weighted by atomic mass is 127. The molecule has 0 aliphatic rings. The summed E-state index contributed by atoms with van der Waals surface area (Å²) < 4.78 is 3.50. The van der Waals surface area contributed by atoms with Gasteiger partial charge < -0.3 is 9.88 Å². The second-order valence-corrected chi connectivity index (χ2v) is 5.09. The van der Waals surface area contributed by atoms with Crippen LogP contribution in [0.4, 0.5) is 0 Å². The van der Waals surface area contributed by atoms with E-state index < -0.39 is 0 Å². The molecule has 0 fully saturated rings.